The second-order valence-electron chi connectivity index (χ2n) is 3.32. The molecule has 1 aromatic heterocycles. The van der Waals surface area contributed by atoms with Gasteiger partial charge in [0.15, 0.2) is 5.78 Å². The molecule has 2 nitrogen and oxygen atoms in total. The van der Waals surface area contributed by atoms with E-state index in [9.17, 15) is 13.6 Å². The van der Waals surface area contributed by atoms with Crippen LogP contribution in [0.15, 0.2) is 36.7 Å². The summed E-state index contributed by atoms with van der Waals surface area (Å²) < 4.78 is 26.1. The molecule has 0 aliphatic carbocycles. The number of hydrogen-bond donors (Lipinski definition) is 0. The maximum absolute atomic E-state index is 13.2. The van der Waals surface area contributed by atoms with Gasteiger partial charge in [-0.1, -0.05) is 17.7 Å². The van der Waals surface area contributed by atoms with Gasteiger partial charge in [-0.2, -0.15) is 0 Å². The lowest BCUT2D eigenvalue weighted by atomic mass is 10.0. The van der Waals surface area contributed by atoms with Gasteiger partial charge in [0.05, 0.1) is 11.2 Å². The van der Waals surface area contributed by atoms with E-state index in [0.717, 1.165) is 18.3 Å². The summed E-state index contributed by atoms with van der Waals surface area (Å²) in [5, 5.41) is -0.276. The molecular weight excluding hydrogens is 248 g/mol. The zero-order valence-corrected chi connectivity index (χ0v) is 9.21. The highest BCUT2D eigenvalue weighted by Crippen LogP contribution is 2.22. The standard InChI is InChI=1S/C12H6ClF2NO/c13-11-9(2-1-3-10(11)15)12(17)7-4-8(14)6-16-5-7/h1-6H. The minimum atomic E-state index is -0.693. The third-order valence-corrected chi connectivity index (χ3v) is 2.55. The summed E-state index contributed by atoms with van der Waals surface area (Å²) in [5.41, 5.74) is 0.0107. The Morgan fingerprint density at radius 3 is 2.71 bits per heavy atom. The van der Waals surface area contributed by atoms with Gasteiger partial charge in [0, 0.05) is 17.3 Å². The van der Waals surface area contributed by atoms with E-state index in [1.54, 1.807) is 0 Å². The molecule has 2 aromatic rings. The quantitative estimate of drug-likeness (QED) is 0.769. The highest BCUT2D eigenvalue weighted by molar-refractivity contribution is 6.35. The normalized spacial score (nSPS) is 10.3. The van der Waals surface area contributed by atoms with Crippen LogP contribution in [-0.2, 0) is 0 Å². The van der Waals surface area contributed by atoms with Gasteiger partial charge in [-0.3, -0.25) is 9.78 Å². The van der Waals surface area contributed by atoms with E-state index in [1.807, 2.05) is 0 Å². The number of benzene rings is 1. The zero-order chi connectivity index (χ0) is 12.4. The average Bonchev–Trinajstić information content (AvgIpc) is 2.32. The molecule has 0 aliphatic heterocycles. The van der Waals surface area contributed by atoms with Crippen LogP contribution in [0.1, 0.15) is 15.9 Å². The van der Waals surface area contributed by atoms with Crippen LogP contribution in [0.3, 0.4) is 0 Å². The Bertz CT molecular complexity index is 586. The van der Waals surface area contributed by atoms with Crippen LogP contribution >= 0.6 is 11.6 Å². The highest BCUT2D eigenvalue weighted by atomic mass is 35.5. The van der Waals surface area contributed by atoms with Gasteiger partial charge in [0.25, 0.3) is 0 Å². The molecule has 1 heterocycles. The monoisotopic (exact) mass is 253 g/mol. The van der Waals surface area contributed by atoms with Crippen LogP contribution in [0, 0.1) is 11.6 Å². The molecule has 1 aromatic carbocycles. The van der Waals surface area contributed by atoms with E-state index in [1.165, 1.54) is 18.3 Å². The van der Waals surface area contributed by atoms with Crippen molar-refractivity contribution in [2.45, 2.75) is 0 Å². The summed E-state index contributed by atoms with van der Waals surface area (Å²) in [6.07, 6.45) is 2.18. The predicted octanol–water partition coefficient (Wildman–Crippen LogP) is 3.24. The lowest BCUT2D eigenvalue weighted by Gasteiger charge is -2.03. The first-order chi connectivity index (χ1) is 8.09. The van der Waals surface area contributed by atoms with Crippen molar-refractivity contribution < 1.29 is 13.6 Å². The number of nitrogens with zero attached hydrogens (tertiary/aromatic N) is 1. The summed E-state index contributed by atoms with van der Waals surface area (Å²) in [5.74, 6) is -1.90. The lowest BCUT2D eigenvalue weighted by Crippen LogP contribution is -2.04. The van der Waals surface area contributed by atoms with Gasteiger partial charge in [-0.05, 0) is 18.2 Å². The zero-order valence-electron chi connectivity index (χ0n) is 8.45. The van der Waals surface area contributed by atoms with Gasteiger partial charge in [-0.15, -0.1) is 0 Å². The number of pyridine rings is 1. The largest absolute Gasteiger partial charge is 0.288 e. The number of rotatable bonds is 2. The second kappa shape index (κ2) is 4.59. The summed E-state index contributed by atoms with van der Waals surface area (Å²) in [6, 6.07) is 4.90. The van der Waals surface area contributed by atoms with Gasteiger partial charge in [0.2, 0.25) is 0 Å². The molecule has 0 spiro atoms. The Morgan fingerprint density at radius 1 is 1.24 bits per heavy atom. The Morgan fingerprint density at radius 2 is 2.00 bits per heavy atom. The molecule has 0 atom stereocenters. The number of ketones is 1. The number of carbonyl (C=O) groups is 1. The molecule has 0 radical (unpaired) electrons. The minimum absolute atomic E-state index is 0.0148. The number of carbonyl (C=O) groups excluding carboxylic acids is 1. The van der Waals surface area contributed by atoms with Gasteiger partial charge >= 0.3 is 0 Å². The SMILES string of the molecule is O=C(c1cncc(F)c1)c1cccc(F)c1Cl. The van der Waals surface area contributed by atoms with Crippen LogP contribution < -0.4 is 0 Å². The molecule has 0 saturated heterocycles. The van der Waals surface area contributed by atoms with Crippen LogP contribution in [0.4, 0.5) is 8.78 Å². The molecule has 0 bridgehead atoms. The fourth-order valence-corrected chi connectivity index (χ4v) is 1.58. The maximum Gasteiger partial charge on any atom is 0.196 e. The minimum Gasteiger partial charge on any atom is -0.288 e. The van der Waals surface area contributed by atoms with Gasteiger partial charge in [-0.25, -0.2) is 8.78 Å². The Labute approximate surface area is 101 Å². The van der Waals surface area contributed by atoms with E-state index >= 15 is 0 Å². The Kier molecular flexibility index (Phi) is 3.15. The van der Waals surface area contributed by atoms with E-state index < -0.39 is 17.4 Å². The van der Waals surface area contributed by atoms with Crippen molar-refractivity contribution in [3.8, 4) is 0 Å². The van der Waals surface area contributed by atoms with Crippen LogP contribution in [0.5, 0.6) is 0 Å². The molecule has 0 aliphatic rings. The average molecular weight is 254 g/mol. The maximum atomic E-state index is 13.2. The molecule has 86 valence electrons. The number of hydrogen-bond acceptors (Lipinski definition) is 2. The van der Waals surface area contributed by atoms with Crippen molar-refractivity contribution in [3.05, 3.63) is 64.4 Å². The summed E-state index contributed by atoms with van der Waals surface area (Å²) in [4.78, 5) is 15.5. The predicted molar refractivity (Wildman–Crippen MR) is 59.0 cm³/mol. The number of aromatic nitrogens is 1. The molecule has 17 heavy (non-hydrogen) atoms. The molecular formula is C12H6ClF2NO. The first kappa shape index (κ1) is 11.7. The van der Waals surface area contributed by atoms with Crippen LogP contribution in [0.2, 0.25) is 5.02 Å². The molecule has 0 amide bonds. The summed E-state index contributed by atoms with van der Waals surface area (Å²) >= 11 is 5.67. The Hall–Kier alpha value is -1.81. The van der Waals surface area contributed by atoms with Crippen molar-refractivity contribution in [1.82, 2.24) is 4.98 Å². The van der Waals surface area contributed by atoms with E-state index in [4.69, 9.17) is 11.6 Å². The molecule has 2 rings (SSSR count). The summed E-state index contributed by atoms with van der Waals surface area (Å²) in [7, 11) is 0. The van der Waals surface area contributed by atoms with E-state index in [2.05, 4.69) is 4.98 Å². The van der Waals surface area contributed by atoms with E-state index in [-0.39, 0.29) is 16.1 Å². The lowest BCUT2D eigenvalue weighted by molar-refractivity contribution is 0.103. The van der Waals surface area contributed by atoms with Crippen molar-refractivity contribution in [2.24, 2.45) is 0 Å². The van der Waals surface area contributed by atoms with Crippen molar-refractivity contribution in [1.29, 1.82) is 0 Å². The third-order valence-electron chi connectivity index (χ3n) is 2.16. The Balaban J connectivity index is 2.48. The van der Waals surface area contributed by atoms with Crippen molar-refractivity contribution in [3.63, 3.8) is 0 Å². The smallest absolute Gasteiger partial charge is 0.196 e. The fraction of sp³-hybridized carbons (Fsp3) is 0. The first-order valence-electron chi connectivity index (χ1n) is 4.69. The molecule has 5 heteroatoms. The number of halogens is 3. The molecule has 0 N–H and O–H groups in total. The molecule has 0 fully saturated rings. The van der Waals surface area contributed by atoms with Crippen LogP contribution in [0.25, 0.3) is 0 Å². The highest BCUT2D eigenvalue weighted by Gasteiger charge is 2.16. The first-order valence-corrected chi connectivity index (χ1v) is 5.06. The van der Waals surface area contributed by atoms with Gasteiger partial charge < -0.3 is 0 Å². The second-order valence-corrected chi connectivity index (χ2v) is 3.70. The van der Waals surface area contributed by atoms with Gasteiger partial charge in [0.1, 0.15) is 11.6 Å². The molecule has 0 saturated carbocycles. The van der Waals surface area contributed by atoms with Crippen molar-refractivity contribution in [2.75, 3.05) is 0 Å². The third kappa shape index (κ3) is 2.31. The molecule has 0 unspecified atom stereocenters. The van der Waals surface area contributed by atoms with Crippen molar-refractivity contribution >= 4 is 17.4 Å². The topological polar surface area (TPSA) is 30.0 Å². The summed E-state index contributed by atoms with van der Waals surface area (Å²) in [6.45, 7) is 0. The van der Waals surface area contributed by atoms with Crippen LogP contribution in [-0.4, -0.2) is 10.8 Å². The van der Waals surface area contributed by atoms with E-state index in [0.29, 0.717) is 0 Å². The fourth-order valence-electron chi connectivity index (χ4n) is 1.37.